The quantitative estimate of drug-likeness (QED) is 0.560. The minimum absolute atomic E-state index is 0.132. The number of aryl methyl sites for hydroxylation is 1. The predicted octanol–water partition coefficient (Wildman–Crippen LogP) is 2.91. The van der Waals surface area contributed by atoms with Gasteiger partial charge in [0.2, 0.25) is 0 Å². The van der Waals surface area contributed by atoms with Crippen molar-refractivity contribution in [2.75, 3.05) is 5.32 Å². The topological polar surface area (TPSA) is 96.8 Å². The molecule has 28 heavy (non-hydrogen) atoms. The van der Waals surface area contributed by atoms with Crippen LogP contribution in [0.25, 0.3) is 20.8 Å². The van der Waals surface area contributed by atoms with Crippen LogP contribution in [-0.2, 0) is 7.05 Å². The van der Waals surface area contributed by atoms with Crippen molar-refractivity contribution in [3.8, 4) is 10.6 Å². The summed E-state index contributed by atoms with van der Waals surface area (Å²) >= 11 is 1.61. The molecule has 4 aromatic rings. The molecule has 2 aromatic carbocycles. The Hall–Kier alpha value is -3.52. The first-order valence-electron chi connectivity index (χ1n) is 8.50. The third-order valence-electron chi connectivity index (χ3n) is 4.36. The van der Waals surface area contributed by atoms with Crippen molar-refractivity contribution in [1.82, 2.24) is 14.5 Å². The van der Waals surface area contributed by atoms with E-state index in [1.54, 1.807) is 23.5 Å². The summed E-state index contributed by atoms with van der Waals surface area (Å²) in [4.78, 5) is 42.8. The molecular weight excluding hydrogens is 376 g/mol. The first kappa shape index (κ1) is 17.9. The van der Waals surface area contributed by atoms with Crippen LogP contribution in [0.5, 0.6) is 0 Å². The molecule has 4 rings (SSSR count). The lowest BCUT2D eigenvalue weighted by atomic mass is 10.2. The third kappa shape index (κ3) is 3.25. The highest BCUT2D eigenvalue weighted by Crippen LogP contribution is 2.31. The number of aromatic amines is 1. The van der Waals surface area contributed by atoms with E-state index < -0.39 is 17.2 Å². The number of H-pyrrole nitrogens is 1. The Morgan fingerprint density at radius 2 is 1.89 bits per heavy atom. The summed E-state index contributed by atoms with van der Waals surface area (Å²) in [5.41, 5.74) is 2.27. The zero-order chi connectivity index (χ0) is 19.8. The lowest BCUT2D eigenvalue weighted by Crippen LogP contribution is -2.37. The van der Waals surface area contributed by atoms with E-state index >= 15 is 0 Å². The fourth-order valence-corrected chi connectivity index (χ4v) is 3.85. The maximum atomic E-state index is 12.3. The molecular formula is C20H16N4O3S. The zero-order valence-corrected chi connectivity index (χ0v) is 16.0. The smallest absolute Gasteiger partial charge is 0.322 e. The summed E-state index contributed by atoms with van der Waals surface area (Å²) in [5, 5.41) is 3.56. The number of hydrogen-bond acceptors (Lipinski definition) is 5. The van der Waals surface area contributed by atoms with Gasteiger partial charge in [-0.3, -0.25) is 14.2 Å². The summed E-state index contributed by atoms with van der Waals surface area (Å²) in [7, 11) is 1.31. The normalized spacial score (nSPS) is 10.9. The van der Waals surface area contributed by atoms with Crippen LogP contribution in [0.4, 0.5) is 5.69 Å². The van der Waals surface area contributed by atoms with Crippen LogP contribution in [0, 0.1) is 6.92 Å². The molecule has 2 heterocycles. The minimum atomic E-state index is -0.650. The van der Waals surface area contributed by atoms with Crippen molar-refractivity contribution in [1.29, 1.82) is 0 Å². The van der Waals surface area contributed by atoms with Gasteiger partial charge in [-0.25, -0.2) is 9.78 Å². The second-order valence-corrected chi connectivity index (χ2v) is 7.42. The SMILES string of the molecule is Cc1ccc2nc(-c3ccc(NC(=O)c4c[nH]c(=O)n(C)c4=O)cc3)sc2c1. The van der Waals surface area contributed by atoms with Gasteiger partial charge in [-0.2, -0.15) is 0 Å². The van der Waals surface area contributed by atoms with E-state index in [2.05, 4.69) is 21.4 Å². The van der Waals surface area contributed by atoms with E-state index in [-0.39, 0.29) is 5.56 Å². The van der Waals surface area contributed by atoms with Crippen LogP contribution in [0.1, 0.15) is 15.9 Å². The number of anilines is 1. The molecule has 0 atom stereocenters. The molecule has 0 aliphatic heterocycles. The fraction of sp³-hybridized carbons (Fsp3) is 0.100. The first-order chi connectivity index (χ1) is 13.4. The van der Waals surface area contributed by atoms with Gasteiger partial charge in [0.25, 0.3) is 11.5 Å². The molecule has 0 radical (unpaired) electrons. The molecule has 0 aliphatic rings. The Morgan fingerprint density at radius 3 is 2.64 bits per heavy atom. The number of amides is 1. The predicted molar refractivity (Wildman–Crippen MR) is 110 cm³/mol. The van der Waals surface area contributed by atoms with E-state index in [4.69, 9.17) is 0 Å². The fourth-order valence-electron chi connectivity index (χ4n) is 2.78. The molecule has 2 aromatic heterocycles. The molecule has 0 spiro atoms. The van der Waals surface area contributed by atoms with Crippen LogP contribution < -0.4 is 16.6 Å². The average Bonchev–Trinajstić information content (AvgIpc) is 3.10. The number of nitrogens with one attached hydrogen (secondary N) is 2. The summed E-state index contributed by atoms with van der Waals surface area (Å²) in [6.07, 6.45) is 1.12. The molecule has 7 nitrogen and oxygen atoms in total. The summed E-state index contributed by atoms with van der Waals surface area (Å²) in [6.45, 7) is 2.05. The van der Waals surface area contributed by atoms with E-state index in [1.165, 1.54) is 12.6 Å². The highest BCUT2D eigenvalue weighted by molar-refractivity contribution is 7.21. The van der Waals surface area contributed by atoms with Crippen molar-refractivity contribution in [3.05, 3.63) is 80.6 Å². The number of hydrogen-bond donors (Lipinski definition) is 2. The average molecular weight is 392 g/mol. The lowest BCUT2D eigenvalue weighted by Gasteiger charge is -2.06. The summed E-state index contributed by atoms with van der Waals surface area (Å²) < 4.78 is 1.98. The first-order valence-corrected chi connectivity index (χ1v) is 9.32. The molecule has 140 valence electrons. The second-order valence-electron chi connectivity index (χ2n) is 6.39. The molecule has 0 bridgehead atoms. The van der Waals surface area contributed by atoms with Crippen molar-refractivity contribution in [2.24, 2.45) is 7.05 Å². The number of carbonyl (C=O) groups is 1. The number of rotatable bonds is 3. The van der Waals surface area contributed by atoms with E-state index in [1.807, 2.05) is 31.2 Å². The van der Waals surface area contributed by atoms with E-state index in [9.17, 15) is 14.4 Å². The number of fused-ring (bicyclic) bond motifs is 1. The monoisotopic (exact) mass is 392 g/mol. The molecule has 2 N–H and O–H groups in total. The number of carbonyl (C=O) groups excluding carboxylic acids is 1. The van der Waals surface area contributed by atoms with Gasteiger partial charge in [-0.1, -0.05) is 6.07 Å². The highest BCUT2D eigenvalue weighted by atomic mass is 32.1. The van der Waals surface area contributed by atoms with Gasteiger partial charge in [0.1, 0.15) is 10.6 Å². The largest absolute Gasteiger partial charge is 0.328 e. The minimum Gasteiger partial charge on any atom is -0.322 e. The van der Waals surface area contributed by atoms with E-state index in [0.29, 0.717) is 5.69 Å². The van der Waals surface area contributed by atoms with Crippen LogP contribution in [-0.4, -0.2) is 20.4 Å². The Kier molecular flexibility index (Phi) is 4.40. The summed E-state index contributed by atoms with van der Waals surface area (Å²) in [6, 6.07) is 13.4. The number of aromatic nitrogens is 3. The van der Waals surface area contributed by atoms with Gasteiger partial charge >= 0.3 is 5.69 Å². The second kappa shape index (κ2) is 6.90. The standard InChI is InChI=1S/C20H16N4O3S/c1-11-3-8-15-16(9-11)28-18(23-15)12-4-6-13(7-5-12)22-17(25)14-10-21-20(27)24(2)19(14)26/h3-10H,1-2H3,(H,21,27)(H,22,25). The van der Waals surface area contributed by atoms with Crippen LogP contribution >= 0.6 is 11.3 Å². The Balaban J connectivity index is 1.57. The van der Waals surface area contributed by atoms with Crippen LogP contribution in [0.2, 0.25) is 0 Å². The molecule has 0 saturated carbocycles. The van der Waals surface area contributed by atoms with Gasteiger partial charge in [0, 0.05) is 24.5 Å². The molecule has 8 heteroatoms. The van der Waals surface area contributed by atoms with Gasteiger partial charge < -0.3 is 10.3 Å². The van der Waals surface area contributed by atoms with Crippen molar-refractivity contribution >= 4 is 33.1 Å². The Morgan fingerprint density at radius 1 is 1.14 bits per heavy atom. The van der Waals surface area contributed by atoms with Crippen molar-refractivity contribution in [2.45, 2.75) is 6.92 Å². The molecule has 0 saturated heterocycles. The highest BCUT2D eigenvalue weighted by Gasteiger charge is 2.13. The number of thiazole rings is 1. The van der Waals surface area contributed by atoms with Gasteiger partial charge in [-0.05, 0) is 48.9 Å². The Labute approximate surface area is 163 Å². The number of nitrogens with zero attached hydrogens (tertiary/aromatic N) is 2. The van der Waals surface area contributed by atoms with Gasteiger partial charge in [0.15, 0.2) is 0 Å². The maximum Gasteiger partial charge on any atom is 0.328 e. The maximum absolute atomic E-state index is 12.3. The van der Waals surface area contributed by atoms with Crippen molar-refractivity contribution < 1.29 is 4.79 Å². The lowest BCUT2D eigenvalue weighted by molar-refractivity contribution is 0.102. The van der Waals surface area contributed by atoms with Crippen LogP contribution in [0.15, 0.2) is 58.3 Å². The van der Waals surface area contributed by atoms with Crippen molar-refractivity contribution in [3.63, 3.8) is 0 Å². The number of benzene rings is 2. The molecule has 0 unspecified atom stereocenters. The van der Waals surface area contributed by atoms with Gasteiger partial charge in [0.05, 0.1) is 10.2 Å². The van der Waals surface area contributed by atoms with Gasteiger partial charge in [-0.15, -0.1) is 11.3 Å². The zero-order valence-electron chi connectivity index (χ0n) is 15.1. The Bertz CT molecular complexity index is 1320. The molecule has 0 aliphatic carbocycles. The third-order valence-corrected chi connectivity index (χ3v) is 5.43. The summed E-state index contributed by atoms with van der Waals surface area (Å²) in [5.74, 6) is -0.583. The molecule has 1 amide bonds. The van der Waals surface area contributed by atoms with E-state index in [0.717, 1.165) is 31.6 Å². The van der Waals surface area contributed by atoms with Crippen LogP contribution in [0.3, 0.4) is 0 Å². The molecule has 0 fully saturated rings.